The molecule has 6 heteroatoms. The highest BCUT2D eigenvalue weighted by molar-refractivity contribution is 5.70. The van der Waals surface area contributed by atoms with Crippen LogP contribution in [-0.2, 0) is 11.2 Å². The van der Waals surface area contributed by atoms with Gasteiger partial charge in [-0.3, -0.25) is 9.78 Å². The molecular formula is C15H12N4O2. The van der Waals surface area contributed by atoms with Crippen molar-refractivity contribution in [1.82, 2.24) is 20.0 Å². The third-order valence-electron chi connectivity index (χ3n) is 3.03. The van der Waals surface area contributed by atoms with Gasteiger partial charge in [-0.1, -0.05) is 17.3 Å². The van der Waals surface area contributed by atoms with Crippen LogP contribution in [0.1, 0.15) is 5.56 Å². The lowest BCUT2D eigenvalue weighted by Crippen LogP contribution is -2.00. The van der Waals surface area contributed by atoms with Crippen molar-refractivity contribution < 1.29 is 9.90 Å². The van der Waals surface area contributed by atoms with Crippen molar-refractivity contribution in [3.8, 4) is 16.9 Å². The number of aliphatic carboxylic acids is 1. The van der Waals surface area contributed by atoms with Gasteiger partial charge in [-0.2, -0.15) is 0 Å². The Bertz CT molecular complexity index is 751. The molecule has 1 N–H and O–H groups in total. The van der Waals surface area contributed by atoms with E-state index in [4.69, 9.17) is 5.11 Å². The van der Waals surface area contributed by atoms with Gasteiger partial charge in [0, 0.05) is 18.0 Å². The molecule has 0 bridgehead atoms. The van der Waals surface area contributed by atoms with Crippen molar-refractivity contribution in [2.45, 2.75) is 6.42 Å². The second kappa shape index (κ2) is 5.54. The second-order valence-corrected chi connectivity index (χ2v) is 4.52. The Hall–Kier alpha value is -3.02. The highest BCUT2D eigenvalue weighted by atomic mass is 16.4. The molecule has 3 rings (SSSR count). The number of rotatable bonds is 4. The van der Waals surface area contributed by atoms with Gasteiger partial charge < -0.3 is 5.11 Å². The van der Waals surface area contributed by atoms with Gasteiger partial charge in [0.1, 0.15) is 5.69 Å². The fourth-order valence-corrected chi connectivity index (χ4v) is 1.99. The zero-order valence-electron chi connectivity index (χ0n) is 11.0. The monoisotopic (exact) mass is 280 g/mol. The van der Waals surface area contributed by atoms with E-state index in [1.807, 2.05) is 30.5 Å². The zero-order chi connectivity index (χ0) is 14.7. The summed E-state index contributed by atoms with van der Waals surface area (Å²) in [6, 6.07) is 10.9. The first-order valence-corrected chi connectivity index (χ1v) is 6.36. The number of carbonyl (C=O) groups is 1. The summed E-state index contributed by atoms with van der Waals surface area (Å²) in [5, 5.41) is 17.0. The van der Waals surface area contributed by atoms with Gasteiger partial charge in [0.25, 0.3) is 0 Å². The van der Waals surface area contributed by atoms with Gasteiger partial charge in [0.05, 0.1) is 18.3 Å². The van der Waals surface area contributed by atoms with E-state index in [2.05, 4.69) is 15.3 Å². The van der Waals surface area contributed by atoms with Crippen LogP contribution >= 0.6 is 0 Å². The second-order valence-electron chi connectivity index (χ2n) is 4.52. The van der Waals surface area contributed by atoms with E-state index >= 15 is 0 Å². The summed E-state index contributed by atoms with van der Waals surface area (Å²) < 4.78 is 1.65. The van der Waals surface area contributed by atoms with E-state index in [9.17, 15) is 4.79 Å². The molecule has 0 saturated heterocycles. The van der Waals surface area contributed by atoms with Crippen LogP contribution in [0.25, 0.3) is 16.9 Å². The van der Waals surface area contributed by atoms with Crippen LogP contribution in [0.3, 0.4) is 0 Å². The molecule has 6 nitrogen and oxygen atoms in total. The van der Waals surface area contributed by atoms with E-state index in [1.54, 1.807) is 29.2 Å². The third kappa shape index (κ3) is 2.94. The van der Waals surface area contributed by atoms with E-state index in [1.165, 1.54) is 0 Å². The van der Waals surface area contributed by atoms with Gasteiger partial charge >= 0.3 is 5.97 Å². The Kier molecular flexibility index (Phi) is 3.42. The molecule has 21 heavy (non-hydrogen) atoms. The number of nitrogens with zero attached hydrogens (tertiary/aromatic N) is 4. The summed E-state index contributed by atoms with van der Waals surface area (Å²) in [5.74, 6) is -0.844. The molecule has 0 fully saturated rings. The van der Waals surface area contributed by atoms with Crippen molar-refractivity contribution in [3.63, 3.8) is 0 Å². The topological polar surface area (TPSA) is 80.9 Å². The molecule has 0 aliphatic carbocycles. The van der Waals surface area contributed by atoms with E-state index in [0.29, 0.717) is 0 Å². The maximum absolute atomic E-state index is 10.7. The summed E-state index contributed by atoms with van der Waals surface area (Å²) >= 11 is 0. The van der Waals surface area contributed by atoms with Crippen molar-refractivity contribution >= 4 is 5.97 Å². The lowest BCUT2D eigenvalue weighted by molar-refractivity contribution is -0.136. The van der Waals surface area contributed by atoms with Crippen molar-refractivity contribution in [1.29, 1.82) is 0 Å². The minimum atomic E-state index is -0.844. The van der Waals surface area contributed by atoms with Crippen LogP contribution in [-0.4, -0.2) is 31.1 Å². The van der Waals surface area contributed by atoms with Crippen molar-refractivity contribution in [2.24, 2.45) is 0 Å². The lowest BCUT2D eigenvalue weighted by atomic mass is 10.1. The molecule has 104 valence electrons. The molecule has 0 unspecified atom stereocenters. The quantitative estimate of drug-likeness (QED) is 0.790. The Labute approximate surface area is 120 Å². The predicted molar refractivity (Wildman–Crippen MR) is 75.9 cm³/mol. The van der Waals surface area contributed by atoms with Gasteiger partial charge in [-0.15, -0.1) is 5.10 Å². The molecule has 3 aromatic rings. The van der Waals surface area contributed by atoms with E-state index in [0.717, 1.165) is 22.5 Å². The normalized spacial score (nSPS) is 10.5. The van der Waals surface area contributed by atoms with Crippen LogP contribution in [0.2, 0.25) is 0 Å². The minimum Gasteiger partial charge on any atom is -0.481 e. The molecular weight excluding hydrogens is 268 g/mol. The average molecular weight is 280 g/mol. The molecule has 0 aliphatic heterocycles. The Morgan fingerprint density at radius 3 is 2.48 bits per heavy atom. The molecule has 2 aromatic heterocycles. The number of aromatic nitrogens is 4. The Balaban J connectivity index is 1.85. The predicted octanol–water partition coefficient (Wildman–Crippen LogP) is 1.96. The number of benzene rings is 1. The SMILES string of the molecule is O=C(O)Cc1ccc(-n2cc(-c3ccncc3)nn2)cc1. The number of pyridine rings is 1. The standard InChI is InChI=1S/C15H12N4O2/c20-15(21)9-11-1-3-13(4-2-11)19-10-14(17-18-19)12-5-7-16-8-6-12/h1-8,10H,9H2,(H,20,21). The van der Waals surface area contributed by atoms with Gasteiger partial charge in [0.15, 0.2) is 0 Å². The molecule has 0 spiro atoms. The zero-order valence-corrected chi connectivity index (χ0v) is 11.0. The van der Waals surface area contributed by atoms with Crippen LogP contribution in [0, 0.1) is 0 Å². The first-order valence-electron chi connectivity index (χ1n) is 6.36. The number of carboxylic acid groups (broad SMARTS) is 1. The first kappa shape index (κ1) is 13.0. The van der Waals surface area contributed by atoms with Crippen molar-refractivity contribution in [3.05, 3.63) is 60.6 Å². The minimum absolute atomic E-state index is 0.0138. The van der Waals surface area contributed by atoms with Crippen molar-refractivity contribution in [2.75, 3.05) is 0 Å². The third-order valence-corrected chi connectivity index (χ3v) is 3.03. The molecule has 0 radical (unpaired) electrons. The molecule has 0 aliphatic rings. The number of carboxylic acids is 1. The van der Waals surface area contributed by atoms with Gasteiger partial charge in [-0.25, -0.2) is 4.68 Å². The summed E-state index contributed by atoms with van der Waals surface area (Å²) in [6.07, 6.45) is 5.24. The number of hydrogen-bond donors (Lipinski definition) is 1. The molecule has 1 aromatic carbocycles. The van der Waals surface area contributed by atoms with Gasteiger partial charge in [0.2, 0.25) is 0 Å². The summed E-state index contributed by atoms with van der Waals surface area (Å²) in [4.78, 5) is 14.6. The summed E-state index contributed by atoms with van der Waals surface area (Å²) in [7, 11) is 0. The van der Waals surface area contributed by atoms with E-state index < -0.39 is 5.97 Å². The van der Waals surface area contributed by atoms with E-state index in [-0.39, 0.29) is 6.42 Å². The fraction of sp³-hybridized carbons (Fsp3) is 0.0667. The summed E-state index contributed by atoms with van der Waals surface area (Å²) in [6.45, 7) is 0. The largest absolute Gasteiger partial charge is 0.481 e. The fourth-order valence-electron chi connectivity index (χ4n) is 1.99. The molecule has 0 amide bonds. The van der Waals surface area contributed by atoms with Gasteiger partial charge in [-0.05, 0) is 29.8 Å². The van der Waals surface area contributed by atoms with Crippen LogP contribution in [0.4, 0.5) is 0 Å². The van der Waals surface area contributed by atoms with Crippen LogP contribution < -0.4 is 0 Å². The Morgan fingerprint density at radius 2 is 1.81 bits per heavy atom. The molecule has 2 heterocycles. The average Bonchev–Trinajstić information content (AvgIpc) is 2.98. The van der Waals surface area contributed by atoms with Crippen LogP contribution in [0.5, 0.6) is 0 Å². The first-order chi connectivity index (χ1) is 10.2. The highest BCUT2D eigenvalue weighted by Crippen LogP contribution is 2.16. The maximum atomic E-state index is 10.7. The molecule has 0 atom stereocenters. The number of hydrogen-bond acceptors (Lipinski definition) is 4. The molecule has 0 saturated carbocycles. The maximum Gasteiger partial charge on any atom is 0.307 e. The highest BCUT2D eigenvalue weighted by Gasteiger charge is 2.06. The summed E-state index contributed by atoms with van der Waals surface area (Å²) in [5.41, 5.74) is 3.28. The Morgan fingerprint density at radius 1 is 1.10 bits per heavy atom. The smallest absolute Gasteiger partial charge is 0.307 e. The lowest BCUT2D eigenvalue weighted by Gasteiger charge is -2.01. The van der Waals surface area contributed by atoms with Crippen LogP contribution in [0.15, 0.2) is 55.0 Å².